The van der Waals surface area contributed by atoms with E-state index in [1.807, 2.05) is 22.6 Å². The highest BCUT2D eigenvalue weighted by Gasteiger charge is 2.50. The number of likely N-dealkylation sites (tertiary alicyclic amines) is 1. The second kappa shape index (κ2) is 14.2. The van der Waals surface area contributed by atoms with Gasteiger partial charge in [0.15, 0.2) is 7.85 Å². The van der Waals surface area contributed by atoms with Crippen LogP contribution in [0.1, 0.15) is 67.9 Å². The molecule has 1 saturated carbocycles. The van der Waals surface area contributed by atoms with Gasteiger partial charge < -0.3 is 29.6 Å². The molecular formula is C36H50BFN5O3P. The van der Waals surface area contributed by atoms with Crippen LogP contribution >= 0.6 is 9.24 Å². The molecule has 2 aliphatic carbocycles. The van der Waals surface area contributed by atoms with Crippen LogP contribution in [0.4, 0.5) is 10.1 Å². The number of carbonyl (C=O) groups excluding carboxylic acids is 1. The molecule has 1 aromatic heterocycles. The number of fused-ring (bicyclic) bond motifs is 1. The van der Waals surface area contributed by atoms with E-state index < -0.39 is 5.31 Å². The summed E-state index contributed by atoms with van der Waals surface area (Å²) in [5.74, 6) is 7.22. The molecular weight excluding hydrogens is 611 g/mol. The van der Waals surface area contributed by atoms with E-state index in [0.717, 1.165) is 54.4 Å². The molecule has 11 heteroatoms. The van der Waals surface area contributed by atoms with Gasteiger partial charge in [-0.3, -0.25) is 9.69 Å². The van der Waals surface area contributed by atoms with E-state index in [-0.39, 0.29) is 12.5 Å². The second-order valence-electron chi connectivity index (χ2n) is 14.2. The van der Waals surface area contributed by atoms with Crippen LogP contribution in [0.25, 0.3) is 11.8 Å². The summed E-state index contributed by atoms with van der Waals surface area (Å²) in [6.45, 7) is 7.57. The Morgan fingerprint density at radius 3 is 2.68 bits per heavy atom. The Balaban J connectivity index is 1.19. The third-order valence-electron chi connectivity index (χ3n) is 10.0. The van der Waals surface area contributed by atoms with Crippen molar-refractivity contribution in [2.45, 2.75) is 75.8 Å². The number of benzene rings is 1. The second-order valence-corrected chi connectivity index (χ2v) is 15.4. The van der Waals surface area contributed by atoms with Crippen LogP contribution in [0.3, 0.4) is 0 Å². The minimum atomic E-state index is -1.46. The molecule has 2 saturated heterocycles. The Morgan fingerprint density at radius 2 is 2.02 bits per heavy atom. The summed E-state index contributed by atoms with van der Waals surface area (Å²) in [7, 11) is 7.53. The molecule has 47 heavy (non-hydrogen) atoms. The zero-order valence-corrected chi connectivity index (χ0v) is 29.6. The number of alkyl halides is 1. The van der Waals surface area contributed by atoms with Gasteiger partial charge >= 0.3 is 0 Å². The standard InChI is InChI=1S/C36H50BFN5O3P/c1-4-17-46-33-18-25(34(44)39-2)10-15-32(33)41(3)16-6-7-28-19-29-30(8-5-9-31(29)43(28)22-36(37,38)47)40-26-11-13-27(14-12-26)42-20-35(21-42)23-45-24-35/h9-10,15,18-19,26-27,40H,4-5,8,11-14,16-17,20-24,37,47H2,1-3H3,(H,39,44). The van der Waals surface area contributed by atoms with Gasteiger partial charge in [0.2, 0.25) is 0 Å². The van der Waals surface area contributed by atoms with E-state index >= 15 is 4.39 Å². The van der Waals surface area contributed by atoms with Gasteiger partial charge in [0.05, 0.1) is 44.3 Å². The molecule has 6 rings (SSSR count). The highest BCUT2D eigenvalue weighted by molar-refractivity contribution is 7.21. The molecule has 2 aromatic rings. The number of aromatic nitrogens is 1. The Bertz CT molecular complexity index is 1640. The quantitative estimate of drug-likeness (QED) is 0.219. The maximum Gasteiger partial charge on any atom is 0.251 e. The largest absolute Gasteiger partial charge is 0.491 e. The van der Waals surface area contributed by atoms with Gasteiger partial charge in [-0.1, -0.05) is 18.9 Å². The van der Waals surface area contributed by atoms with Crippen LogP contribution in [-0.4, -0.2) is 94.2 Å². The lowest BCUT2D eigenvalue weighted by molar-refractivity contribution is -0.200. The predicted octanol–water partition coefficient (Wildman–Crippen LogP) is 2.17. The maximum atomic E-state index is 15.1. The maximum absolute atomic E-state index is 15.1. The Kier molecular flexibility index (Phi) is 10.3. The van der Waals surface area contributed by atoms with Gasteiger partial charge in [0.25, 0.3) is 5.91 Å². The van der Waals surface area contributed by atoms with Gasteiger partial charge in [-0.25, -0.2) is 4.39 Å². The van der Waals surface area contributed by atoms with E-state index in [4.69, 9.17) is 9.47 Å². The minimum Gasteiger partial charge on any atom is -0.491 e. The first kappa shape index (κ1) is 33.9. The minimum absolute atomic E-state index is 0.154. The summed E-state index contributed by atoms with van der Waals surface area (Å²) in [5.41, 5.74) is 3.97. The first-order valence-corrected chi connectivity index (χ1v) is 17.8. The zero-order valence-electron chi connectivity index (χ0n) is 28.5. The lowest BCUT2D eigenvalue weighted by Crippen LogP contribution is -2.68. The van der Waals surface area contributed by atoms with Crippen molar-refractivity contribution >= 4 is 40.5 Å². The topological polar surface area (TPSA) is 71.0 Å². The molecule has 1 amide bonds. The van der Waals surface area contributed by atoms with Crippen molar-refractivity contribution in [3.8, 4) is 17.6 Å². The first-order chi connectivity index (χ1) is 22.6. The van der Waals surface area contributed by atoms with Gasteiger partial charge in [0.1, 0.15) is 11.1 Å². The smallest absolute Gasteiger partial charge is 0.251 e. The molecule has 4 aliphatic rings. The fraction of sp³-hybridized carbons (Fsp3) is 0.583. The SMILES string of the molecule is BC(F)(P)Cn1c(C#CCN(C)c2ccc(C(=O)NC)cc2OCCC)cc2c1=CCCC=2NC1CCC(N2CC3(COC3)C2)CC1. The molecule has 1 spiro atoms. The Labute approximate surface area is 282 Å². The van der Waals surface area contributed by atoms with Gasteiger partial charge in [-0.2, -0.15) is 0 Å². The number of hydrogen-bond acceptors (Lipinski definition) is 6. The molecule has 3 heterocycles. The summed E-state index contributed by atoms with van der Waals surface area (Å²) in [5, 5.41) is 7.36. The van der Waals surface area contributed by atoms with Crippen LogP contribution in [0.2, 0.25) is 0 Å². The fourth-order valence-corrected chi connectivity index (χ4v) is 7.68. The monoisotopic (exact) mass is 661 g/mol. The summed E-state index contributed by atoms with van der Waals surface area (Å²) in [4.78, 5) is 16.9. The van der Waals surface area contributed by atoms with Crippen LogP contribution < -0.4 is 30.8 Å². The van der Waals surface area contributed by atoms with Crippen molar-refractivity contribution in [3.05, 3.63) is 46.1 Å². The van der Waals surface area contributed by atoms with Crippen LogP contribution in [0.5, 0.6) is 5.75 Å². The first-order valence-electron chi connectivity index (χ1n) is 17.3. The lowest BCUT2D eigenvalue weighted by atomic mass is 9.75. The molecule has 3 fully saturated rings. The van der Waals surface area contributed by atoms with Crippen molar-refractivity contribution in [1.82, 2.24) is 20.1 Å². The molecule has 2 unspecified atom stereocenters. The normalized spacial score (nSPS) is 22.8. The van der Waals surface area contributed by atoms with Gasteiger partial charge in [-0.15, -0.1) is 9.24 Å². The molecule has 2 N–H and O–H groups in total. The number of anilines is 1. The van der Waals surface area contributed by atoms with E-state index in [2.05, 4.69) is 55.7 Å². The lowest BCUT2D eigenvalue weighted by Gasteiger charge is -2.58. The van der Waals surface area contributed by atoms with Gasteiger partial charge in [-0.05, 0) is 75.1 Å². The third-order valence-corrected chi connectivity index (χ3v) is 10.2. The molecule has 0 bridgehead atoms. The predicted molar refractivity (Wildman–Crippen MR) is 193 cm³/mol. The van der Waals surface area contributed by atoms with E-state index in [1.165, 1.54) is 44.5 Å². The number of amides is 1. The van der Waals surface area contributed by atoms with Gasteiger partial charge in [0, 0.05) is 66.5 Å². The molecule has 1 aromatic carbocycles. The number of ether oxygens (including phenoxy) is 2. The summed E-state index contributed by atoms with van der Waals surface area (Å²) >= 11 is 0. The van der Waals surface area contributed by atoms with Crippen LogP contribution in [0.15, 0.2) is 24.3 Å². The number of nitrogens with zero attached hydrogens (tertiary/aromatic N) is 3. The number of halogens is 1. The van der Waals surface area contributed by atoms with Crippen molar-refractivity contribution in [2.24, 2.45) is 5.41 Å². The number of hydrogen-bond donors (Lipinski definition) is 2. The molecule has 2 aliphatic heterocycles. The Morgan fingerprint density at radius 1 is 1.26 bits per heavy atom. The average molecular weight is 662 g/mol. The third kappa shape index (κ3) is 7.69. The summed E-state index contributed by atoms with van der Waals surface area (Å²) in [6.07, 6.45) is 9.80. The molecule has 2 atom stereocenters. The fourth-order valence-electron chi connectivity index (χ4n) is 7.50. The molecule has 8 nitrogen and oxygen atoms in total. The van der Waals surface area contributed by atoms with Crippen molar-refractivity contribution in [3.63, 3.8) is 0 Å². The summed E-state index contributed by atoms with van der Waals surface area (Å²) < 4.78 is 28.6. The molecule has 0 radical (unpaired) electrons. The zero-order chi connectivity index (χ0) is 33.2. The van der Waals surface area contributed by atoms with Crippen molar-refractivity contribution in [2.75, 3.05) is 58.5 Å². The van der Waals surface area contributed by atoms with E-state index in [1.54, 1.807) is 27.0 Å². The molecule has 252 valence electrons. The highest BCUT2D eigenvalue weighted by atomic mass is 31.0. The van der Waals surface area contributed by atoms with Crippen LogP contribution in [0, 0.1) is 17.3 Å². The Hall–Kier alpha value is -2.99. The number of rotatable bonds is 11. The van der Waals surface area contributed by atoms with Crippen molar-refractivity contribution in [1.29, 1.82) is 0 Å². The van der Waals surface area contributed by atoms with Crippen LogP contribution in [-0.2, 0) is 11.3 Å². The average Bonchev–Trinajstić information content (AvgIpc) is 3.35. The number of carbonyl (C=O) groups is 1. The van der Waals surface area contributed by atoms with Crippen molar-refractivity contribution < 1.29 is 18.7 Å². The number of nitrogens with one attached hydrogen (secondary N) is 2. The van der Waals surface area contributed by atoms with E-state index in [0.29, 0.717) is 42.0 Å². The summed E-state index contributed by atoms with van der Waals surface area (Å²) in [6, 6.07) is 8.80. The van der Waals surface area contributed by atoms with E-state index in [9.17, 15) is 4.79 Å². The highest BCUT2D eigenvalue weighted by Crippen LogP contribution is 2.41.